The smallest absolute Gasteiger partial charge is 0.253 e. The molecule has 1 aromatic carbocycles. The standard InChI is InChI=1S/C19H28N6O2/c1-14-20-21-22-25(14)12-15-4-6-18(7-5-15)19(27)24-10-16(9-23(2)3)8-17(11-24)13-26/h4-7,16-17,26H,8-13H2,1-3H3/t16-,17+/m1/s1. The van der Waals surface area contributed by atoms with Crippen LogP contribution in [0.4, 0.5) is 0 Å². The second kappa shape index (κ2) is 8.58. The molecule has 1 amide bonds. The average Bonchev–Trinajstić information content (AvgIpc) is 3.05. The first-order valence-corrected chi connectivity index (χ1v) is 9.32. The van der Waals surface area contributed by atoms with Crippen molar-refractivity contribution in [3.63, 3.8) is 0 Å². The van der Waals surface area contributed by atoms with Crippen molar-refractivity contribution < 1.29 is 9.90 Å². The quantitative estimate of drug-likeness (QED) is 0.802. The largest absolute Gasteiger partial charge is 0.396 e. The molecule has 0 saturated carbocycles. The van der Waals surface area contributed by atoms with Crippen LogP contribution in [0.3, 0.4) is 0 Å². The Labute approximate surface area is 159 Å². The number of hydrogen-bond donors (Lipinski definition) is 1. The Kier molecular flexibility index (Phi) is 6.18. The summed E-state index contributed by atoms with van der Waals surface area (Å²) in [7, 11) is 4.08. The molecular weight excluding hydrogens is 344 g/mol. The summed E-state index contributed by atoms with van der Waals surface area (Å²) in [5.41, 5.74) is 1.72. The molecule has 2 heterocycles. The van der Waals surface area contributed by atoms with E-state index in [1.807, 2.05) is 50.2 Å². The zero-order valence-electron chi connectivity index (χ0n) is 16.2. The van der Waals surface area contributed by atoms with Gasteiger partial charge in [0.05, 0.1) is 6.54 Å². The van der Waals surface area contributed by atoms with E-state index < -0.39 is 0 Å². The number of piperidine rings is 1. The summed E-state index contributed by atoms with van der Waals surface area (Å²) in [5, 5.41) is 21.1. The van der Waals surface area contributed by atoms with Gasteiger partial charge in [-0.2, -0.15) is 0 Å². The van der Waals surface area contributed by atoms with Crippen LogP contribution in [0.25, 0.3) is 0 Å². The summed E-state index contributed by atoms with van der Waals surface area (Å²) < 4.78 is 1.72. The van der Waals surface area contributed by atoms with Gasteiger partial charge in [-0.05, 0) is 67.4 Å². The fourth-order valence-electron chi connectivity index (χ4n) is 3.77. The van der Waals surface area contributed by atoms with Crippen LogP contribution in [-0.4, -0.2) is 81.4 Å². The van der Waals surface area contributed by atoms with E-state index in [-0.39, 0.29) is 18.4 Å². The summed E-state index contributed by atoms with van der Waals surface area (Å²) in [6.07, 6.45) is 0.961. The Bertz CT molecular complexity index is 758. The van der Waals surface area contributed by atoms with Gasteiger partial charge in [-0.1, -0.05) is 12.1 Å². The summed E-state index contributed by atoms with van der Waals surface area (Å²) >= 11 is 0. The lowest BCUT2D eigenvalue weighted by molar-refractivity contribution is 0.0477. The van der Waals surface area contributed by atoms with Crippen molar-refractivity contribution in [2.75, 3.05) is 40.3 Å². The van der Waals surface area contributed by atoms with Crippen molar-refractivity contribution >= 4 is 5.91 Å². The molecular formula is C19H28N6O2. The van der Waals surface area contributed by atoms with Crippen LogP contribution in [0.15, 0.2) is 24.3 Å². The fourth-order valence-corrected chi connectivity index (χ4v) is 3.77. The Balaban J connectivity index is 1.67. The maximum atomic E-state index is 13.0. The number of carbonyl (C=O) groups is 1. The molecule has 8 nitrogen and oxygen atoms in total. The fraction of sp³-hybridized carbons (Fsp3) is 0.579. The van der Waals surface area contributed by atoms with Gasteiger partial charge in [-0.15, -0.1) is 5.10 Å². The number of hydrogen-bond acceptors (Lipinski definition) is 6. The Morgan fingerprint density at radius 1 is 1.22 bits per heavy atom. The van der Waals surface area contributed by atoms with Crippen LogP contribution in [0.1, 0.15) is 28.2 Å². The first kappa shape index (κ1) is 19.4. The molecule has 1 aromatic heterocycles. The highest BCUT2D eigenvalue weighted by Gasteiger charge is 2.30. The lowest BCUT2D eigenvalue weighted by Crippen LogP contribution is -2.47. The van der Waals surface area contributed by atoms with E-state index in [9.17, 15) is 9.90 Å². The number of benzene rings is 1. The second-order valence-corrected chi connectivity index (χ2v) is 7.70. The molecule has 0 unspecified atom stereocenters. The van der Waals surface area contributed by atoms with Crippen molar-refractivity contribution in [2.24, 2.45) is 11.8 Å². The third-order valence-corrected chi connectivity index (χ3v) is 5.04. The Morgan fingerprint density at radius 2 is 1.93 bits per heavy atom. The SMILES string of the molecule is Cc1nnnn1Cc1ccc(C(=O)N2C[C@@H](CN(C)C)C[C@H](CO)C2)cc1. The average molecular weight is 372 g/mol. The van der Waals surface area contributed by atoms with E-state index in [0.717, 1.165) is 30.9 Å². The van der Waals surface area contributed by atoms with Gasteiger partial charge in [0.1, 0.15) is 5.82 Å². The predicted molar refractivity (Wildman–Crippen MR) is 101 cm³/mol. The number of nitrogens with zero attached hydrogens (tertiary/aromatic N) is 6. The lowest BCUT2D eigenvalue weighted by Gasteiger charge is -2.38. The molecule has 0 aliphatic carbocycles. The summed E-state index contributed by atoms with van der Waals surface area (Å²) in [6, 6.07) is 7.61. The number of aryl methyl sites for hydroxylation is 1. The molecule has 3 rings (SSSR count). The third kappa shape index (κ3) is 4.90. The second-order valence-electron chi connectivity index (χ2n) is 7.70. The normalized spacial score (nSPS) is 20.3. The molecule has 1 aliphatic heterocycles. The Hall–Kier alpha value is -2.32. The van der Waals surface area contributed by atoms with E-state index >= 15 is 0 Å². The van der Waals surface area contributed by atoms with E-state index in [4.69, 9.17) is 0 Å². The van der Waals surface area contributed by atoms with E-state index in [0.29, 0.717) is 24.6 Å². The van der Waals surface area contributed by atoms with Gasteiger partial charge in [-0.25, -0.2) is 4.68 Å². The van der Waals surface area contributed by atoms with Crippen molar-refractivity contribution in [3.05, 3.63) is 41.2 Å². The summed E-state index contributed by atoms with van der Waals surface area (Å²) in [6.45, 7) is 4.83. The number of aliphatic hydroxyl groups excluding tert-OH is 1. The first-order valence-electron chi connectivity index (χ1n) is 9.32. The van der Waals surface area contributed by atoms with Crippen LogP contribution in [0, 0.1) is 18.8 Å². The number of tetrazole rings is 1. The molecule has 1 fully saturated rings. The number of rotatable bonds is 6. The molecule has 27 heavy (non-hydrogen) atoms. The molecule has 0 bridgehead atoms. The van der Waals surface area contributed by atoms with Crippen LogP contribution >= 0.6 is 0 Å². The van der Waals surface area contributed by atoms with Crippen molar-refractivity contribution in [1.29, 1.82) is 0 Å². The predicted octanol–water partition coefficient (Wildman–Crippen LogP) is 0.662. The molecule has 1 aliphatic rings. The van der Waals surface area contributed by atoms with Gasteiger partial charge in [-0.3, -0.25) is 4.79 Å². The van der Waals surface area contributed by atoms with E-state index in [1.54, 1.807) is 4.68 Å². The van der Waals surface area contributed by atoms with Crippen LogP contribution in [0.2, 0.25) is 0 Å². The zero-order valence-corrected chi connectivity index (χ0v) is 16.2. The van der Waals surface area contributed by atoms with Crippen LogP contribution < -0.4 is 0 Å². The van der Waals surface area contributed by atoms with Crippen LogP contribution in [0.5, 0.6) is 0 Å². The monoisotopic (exact) mass is 372 g/mol. The highest BCUT2D eigenvalue weighted by atomic mass is 16.3. The van der Waals surface area contributed by atoms with Crippen molar-refractivity contribution in [1.82, 2.24) is 30.0 Å². The minimum atomic E-state index is 0.0297. The number of amides is 1. The Morgan fingerprint density at radius 3 is 2.52 bits per heavy atom. The maximum Gasteiger partial charge on any atom is 0.253 e. The summed E-state index contributed by atoms with van der Waals surface area (Å²) in [4.78, 5) is 17.0. The van der Waals surface area contributed by atoms with Crippen molar-refractivity contribution in [3.8, 4) is 0 Å². The highest BCUT2D eigenvalue weighted by Crippen LogP contribution is 2.24. The number of aliphatic hydroxyl groups is 1. The lowest BCUT2D eigenvalue weighted by atomic mass is 9.89. The first-order chi connectivity index (χ1) is 13.0. The van der Waals surface area contributed by atoms with Crippen LogP contribution in [-0.2, 0) is 6.54 Å². The number of carbonyl (C=O) groups excluding carboxylic acids is 1. The molecule has 0 spiro atoms. The van der Waals surface area contributed by atoms with Gasteiger partial charge in [0.25, 0.3) is 5.91 Å². The molecule has 2 aromatic rings. The molecule has 146 valence electrons. The van der Waals surface area contributed by atoms with Gasteiger partial charge in [0, 0.05) is 31.8 Å². The van der Waals surface area contributed by atoms with Gasteiger partial charge in [0.2, 0.25) is 0 Å². The zero-order chi connectivity index (χ0) is 19.4. The van der Waals surface area contributed by atoms with Gasteiger partial charge >= 0.3 is 0 Å². The maximum absolute atomic E-state index is 13.0. The molecule has 1 saturated heterocycles. The number of aromatic nitrogens is 4. The van der Waals surface area contributed by atoms with E-state index in [2.05, 4.69) is 20.4 Å². The number of likely N-dealkylation sites (tertiary alicyclic amines) is 1. The van der Waals surface area contributed by atoms with Gasteiger partial charge < -0.3 is 14.9 Å². The van der Waals surface area contributed by atoms with Crippen molar-refractivity contribution in [2.45, 2.75) is 19.9 Å². The molecule has 2 atom stereocenters. The van der Waals surface area contributed by atoms with Gasteiger partial charge in [0.15, 0.2) is 0 Å². The highest BCUT2D eigenvalue weighted by molar-refractivity contribution is 5.94. The molecule has 0 radical (unpaired) electrons. The molecule has 8 heteroatoms. The minimum Gasteiger partial charge on any atom is -0.396 e. The topological polar surface area (TPSA) is 87.4 Å². The minimum absolute atomic E-state index is 0.0297. The third-order valence-electron chi connectivity index (χ3n) is 5.04. The summed E-state index contributed by atoms with van der Waals surface area (Å²) in [5.74, 6) is 1.32. The van der Waals surface area contributed by atoms with E-state index in [1.165, 1.54) is 0 Å². The molecule has 1 N–H and O–H groups in total.